The van der Waals surface area contributed by atoms with Crippen molar-refractivity contribution >= 4 is 5.91 Å². The highest BCUT2D eigenvalue weighted by Crippen LogP contribution is 2.26. The highest BCUT2D eigenvalue weighted by molar-refractivity contribution is 5.79. The van der Waals surface area contributed by atoms with Gasteiger partial charge in [-0.15, -0.1) is 13.0 Å². The van der Waals surface area contributed by atoms with Gasteiger partial charge in [0.25, 0.3) is 0 Å². The van der Waals surface area contributed by atoms with Crippen molar-refractivity contribution in [3.8, 4) is 12.3 Å². The van der Waals surface area contributed by atoms with E-state index in [0.29, 0.717) is 25.7 Å². The molecule has 14 heavy (non-hydrogen) atoms. The molecule has 0 aromatic carbocycles. The molecular formula is C11H16N2O. The molecule has 0 saturated heterocycles. The van der Waals surface area contributed by atoms with Gasteiger partial charge in [-0.05, 0) is 12.8 Å². The minimum atomic E-state index is 0.114. The summed E-state index contributed by atoms with van der Waals surface area (Å²) in [7, 11) is 0. The summed E-state index contributed by atoms with van der Waals surface area (Å²) in [6.45, 7) is 5.05. The molecule has 0 aromatic heterocycles. The lowest BCUT2D eigenvalue weighted by Crippen LogP contribution is -2.39. The zero-order chi connectivity index (χ0) is 10.4. The summed E-state index contributed by atoms with van der Waals surface area (Å²) in [6, 6.07) is 0.438. The van der Waals surface area contributed by atoms with Crippen LogP contribution in [-0.4, -0.2) is 36.5 Å². The van der Waals surface area contributed by atoms with Gasteiger partial charge in [-0.3, -0.25) is 10.1 Å². The van der Waals surface area contributed by atoms with Crippen LogP contribution in [0.5, 0.6) is 0 Å². The molecule has 1 N–H and O–H groups in total. The van der Waals surface area contributed by atoms with E-state index in [2.05, 4.69) is 17.8 Å². The molecule has 1 saturated carbocycles. The van der Waals surface area contributed by atoms with Gasteiger partial charge in [-0.2, -0.15) is 0 Å². The number of carbonyl (C=O) groups is 1. The maximum absolute atomic E-state index is 11.6. The number of amides is 1. The van der Waals surface area contributed by atoms with E-state index in [4.69, 9.17) is 6.42 Å². The summed E-state index contributed by atoms with van der Waals surface area (Å²) in [4.78, 5) is 13.5. The molecule has 76 valence electrons. The van der Waals surface area contributed by atoms with E-state index in [-0.39, 0.29) is 5.91 Å². The van der Waals surface area contributed by atoms with Crippen LogP contribution < -0.4 is 5.32 Å². The lowest BCUT2D eigenvalue weighted by atomic mass is 10.4. The zero-order valence-corrected chi connectivity index (χ0v) is 8.33. The van der Waals surface area contributed by atoms with Crippen LogP contribution in [0.4, 0.5) is 0 Å². The lowest BCUT2D eigenvalue weighted by Gasteiger charge is -2.20. The van der Waals surface area contributed by atoms with E-state index in [1.54, 1.807) is 6.08 Å². The van der Waals surface area contributed by atoms with Gasteiger partial charge >= 0.3 is 0 Å². The summed E-state index contributed by atoms with van der Waals surface area (Å²) >= 11 is 0. The van der Waals surface area contributed by atoms with Gasteiger partial charge in [-0.25, -0.2) is 0 Å². The predicted molar refractivity (Wildman–Crippen MR) is 56.6 cm³/mol. The Kier molecular flexibility index (Phi) is 4.21. The molecule has 0 unspecified atom stereocenters. The number of hydrogen-bond donors (Lipinski definition) is 1. The molecule has 1 amide bonds. The molecule has 0 aliphatic heterocycles. The largest absolute Gasteiger partial charge is 0.335 e. The summed E-state index contributed by atoms with van der Waals surface area (Å²) in [5.74, 6) is 2.55. The van der Waals surface area contributed by atoms with Crippen molar-refractivity contribution in [2.45, 2.75) is 18.9 Å². The third kappa shape index (κ3) is 3.23. The van der Waals surface area contributed by atoms with E-state index >= 15 is 0 Å². The molecule has 3 nitrogen and oxygen atoms in total. The van der Waals surface area contributed by atoms with E-state index in [0.717, 1.165) is 12.8 Å². The smallest absolute Gasteiger partial charge is 0.237 e. The first kappa shape index (κ1) is 10.8. The molecule has 0 atom stereocenters. The van der Waals surface area contributed by atoms with Crippen molar-refractivity contribution < 1.29 is 4.79 Å². The quantitative estimate of drug-likeness (QED) is 0.375. The summed E-state index contributed by atoms with van der Waals surface area (Å²) < 4.78 is 0. The molecule has 0 radical (unpaired) electrons. The maximum atomic E-state index is 11.6. The monoisotopic (exact) mass is 192 g/mol. The second-order valence-electron chi connectivity index (χ2n) is 3.37. The Morgan fingerprint density at radius 1 is 1.71 bits per heavy atom. The van der Waals surface area contributed by atoms with Crippen LogP contribution in [0.2, 0.25) is 0 Å². The van der Waals surface area contributed by atoms with Gasteiger partial charge in [0.1, 0.15) is 0 Å². The van der Waals surface area contributed by atoms with Crippen molar-refractivity contribution in [1.82, 2.24) is 10.2 Å². The molecule has 1 rings (SSSR count). The van der Waals surface area contributed by atoms with Gasteiger partial charge in [-0.1, -0.05) is 12.0 Å². The molecule has 1 aliphatic carbocycles. The fraction of sp³-hybridized carbons (Fsp3) is 0.545. The van der Waals surface area contributed by atoms with Crippen LogP contribution in [0.3, 0.4) is 0 Å². The zero-order valence-electron chi connectivity index (χ0n) is 8.33. The Hall–Kier alpha value is -1.27. The van der Waals surface area contributed by atoms with Crippen LogP contribution in [0.15, 0.2) is 12.7 Å². The van der Waals surface area contributed by atoms with Crippen LogP contribution in [0.1, 0.15) is 12.8 Å². The summed E-state index contributed by atoms with van der Waals surface area (Å²) in [5, 5.41) is 2.89. The van der Waals surface area contributed by atoms with Gasteiger partial charge in [0, 0.05) is 12.6 Å². The average Bonchev–Trinajstić information content (AvgIpc) is 2.98. The number of nitrogens with one attached hydrogen (secondary N) is 1. The first-order valence-electron chi connectivity index (χ1n) is 4.84. The van der Waals surface area contributed by atoms with Gasteiger partial charge < -0.3 is 4.90 Å². The van der Waals surface area contributed by atoms with E-state index in [1.165, 1.54) is 0 Å². The number of terminal acetylenes is 1. The van der Waals surface area contributed by atoms with Crippen molar-refractivity contribution in [1.29, 1.82) is 0 Å². The lowest BCUT2D eigenvalue weighted by molar-refractivity contribution is -0.130. The topological polar surface area (TPSA) is 32.3 Å². The number of hydrogen-bond acceptors (Lipinski definition) is 2. The van der Waals surface area contributed by atoms with Crippen molar-refractivity contribution in [3.63, 3.8) is 0 Å². The van der Waals surface area contributed by atoms with Crippen molar-refractivity contribution in [2.24, 2.45) is 0 Å². The molecular weight excluding hydrogens is 176 g/mol. The van der Waals surface area contributed by atoms with Crippen molar-refractivity contribution in [3.05, 3.63) is 12.7 Å². The van der Waals surface area contributed by atoms with Crippen LogP contribution in [0, 0.1) is 12.3 Å². The van der Waals surface area contributed by atoms with Crippen molar-refractivity contribution in [2.75, 3.05) is 19.6 Å². The minimum Gasteiger partial charge on any atom is -0.335 e. The van der Waals surface area contributed by atoms with E-state index in [9.17, 15) is 4.79 Å². The first-order chi connectivity index (χ1) is 6.79. The predicted octanol–water partition coefficient (Wildman–Crippen LogP) is 0.386. The Labute approximate surface area is 85.2 Å². The van der Waals surface area contributed by atoms with Crippen LogP contribution in [-0.2, 0) is 4.79 Å². The molecule has 3 heteroatoms. The second-order valence-corrected chi connectivity index (χ2v) is 3.37. The number of rotatable bonds is 6. The first-order valence-corrected chi connectivity index (χ1v) is 4.84. The molecule has 0 heterocycles. The second kappa shape index (κ2) is 5.46. The standard InChI is InChI=1S/C11H16N2O/c1-3-7-12-9-11(14)13(8-4-2)10-5-6-10/h1,4,10,12H,2,5-9H2. The molecule has 0 bridgehead atoms. The van der Waals surface area contributed by atoms with E-state index in [1.807, 2.05) is 4.90 Å². The molecule has 1 fully saturated rings. The highest BCUT2D eigenvalue weighted by Gasteiger charge is 2.31. The van der Waals surface area contributed by atoms with Gasteiger partial charge in [0.2, 0.25) is 5.91 Å². The third-order valence-electron chi connectivity index (χ3n) is 2.14. The number of nitrogens with zero attached hydrogens (tertiary/aromatic N) is 1. The summed E-state index contributed by atoms with van der Waals surface area (Å²) in [6.07, 6.45) is 9.07. The Balaban J connectivity index is 2.31. The molecule has 1 aliphatic rings. The SMILES string of the molecule is C#CCNCC(=O)N(CC=C)C1CC1. The summed E-state index contributed by atoms with van der Waals surface area (Å²) in [5.41, 5.74) is 0. The normalized spacial score (nSPS) is 14.5. The maximum Gasteiger partial charge on any atom is 0.237 e. The molecule has 0 spiro atoms. The van der Waals surface area contributed by atoms with E-state index < -0.39 is 0 Å². The Morgan fingerprint density at radius 3 is 2.93 bits per heavy atom. The van der Waals surface area contributed by atoms with Crippen LogP contribution >= 0.6 is 0 Å². The fourth-order valence-electron chi connectivity index (χ4n) is 1.32. The Morgan fingerprint density at radius 2 is 2.43 bits per heavy atom. The third-order valence-corrected chi connectivity index (χ3v) is 2.14. The minimum absolute atomic E-state index is 0.114. The van der Waals surface area contributed by atoms with Gasteiger partial charge in [0.15, 0.2) is 0 Å². The fourth-order valence-corrected chi connectivity index (χ4v) is 1.32. The molecule has 0 aromatic rings. The van der Waals surface area contributed by atoms with Gasteiger partial charge in [0.05, 0.1) is 13.1 Å². The number of carbonyl (C=O) groups excluding carboxylic acids is 1. The van der Waals surface area contributed by atoms with Crippen LogP contribution in [0.25, 0.3) is 0 Å². The Bertz CT molecular complexity index is 251. The average molecular weight is 192 g/mol. The highest BCUT2D eigenvalue weighted by atomic mass is 16.2.